The maximum atomic E-state index is 12.8. The molecule has 0 aliphatic carbocycles. The molecule has 2 aromatic carbocycles. The number of benzene rings is 2. The summed E-state index contributed by atoms with van der Waals surface area (Å²) >= 11 is 0. The molecule has 0 spiro atoms. The number of anilines is 1. The summed E-state index contributed by atoms with van der Waals surface area (Å²) in [6.07, 6.45) is 0. The number of nitrogens with one attached hydrogen (secondary N) is 1. The van der Waals surface area contributed by atoms with Gasteiger partial charge in [0.15, 0.2) is 5.82 Å². The molecule has 2 aliphatic rings. The van der Waals surface area contributed by atoms with Crippen LogP contribution in [0.3, 0.4) is 0 Å². The van der Waals surface area contributed by atoms with Gasteiger partial charge in [-0.1, -0.05) is 48.0 Å². The molecule has 1 N–H and O–H groups in total. The predicted octanol–water partition coefficient (Wildman–Crippen LogP) is 2.39. The van der Waals surface area contributed by atoms with Crippen LogP contribution in [0.2, 0.25) is 0 Å². The van der Waals surface area contributed by atoms with Crippen molar-refractivity contribution in [3.63, 3.8) is 0 Å². The number of rotatable bonds is 5. The Bertz CT molecular complexity index is 1150. The summed E-state index contributed by atoms with van der Waals surface area (Å²) in [5.41, 5.74) is 2.01. The van der Waals surface area contributed by atoms with Crippen LogP contribution in [0.1, 0.15) is 5.56 Å². The van der Waals surface area contributed by atoms with E-state index in [1.807, 2.05) is 54.3 Å². The zero-order valence-corrected chi connectivity index (χ0v) is 17.3. The fraction of sp³-hybridized carbons (Fsp3) is 0.273. The van der Waals surface area contributed by atoms with Gasteiger partial charge < -0.3 is 10.2 Å². The summed E-state index contributed by atoms with van der Waals surface area (Å²) in [5, 5.41) is 12.0. The first-order chi connectivity index (χ1) is 14.5. The van der Waals surface area contributed by atoms with Crippen molar-refractivity contribution in [2.24, 2.45) is 0 Å². The highest BCUT2D eigenvalue weighted by molar-refractivity contribution is 7.86. The Kier molecular flexibility index (Phi) is 4.57. The van der Waals surface area contributed by atoms with Gasteiger partial charge in [0.2, 0.25) is 0 Å². The van der Waals surface area contributed by atoms with Gasteiger partial charge in [-0.05, 0) is 31.2 Å². The third-order valence-corrected chi connectivity index (χ3v) is 7.17. The van der Waals surface area contributed by atoms with E-state index in [4.69, 9.17) is 4.18 Å². The topological polar surface area (TPSA) is 84.4 Å². The highest BCUT2D eigenvalue weighted by atomic mass is 32.2. The maximum absolute atomic E-state index is 12.8. The lowest BCUT2D eigenvalue weighted by atomic mass is 9.90. The van der Waals surface area contributed by atoms with E-state index in [0.717, 1.165) is 16.8 Å². The van der Waals surface area contributed by atoms with E-state index >= 15 is 0 Å². The highest BCUT2D eigenvalue weighted by Gasteiger charge is 2.57. The van der Waals surface area contributed by atoms with Gasteiger partial charge in [-0.2, -0.15) is 8.42 Å². The van der Waals surface area contributed by atoms with Gasteiger partial charge in [0.1, 0.15) is 5.60 Å². The minimum absolute atomic E-state index is 0.0756. The molecule has 5 rings (SSSR count). The van der Waals surface area contributed by atoms with Crippen LogP contribution in [0.15, 0.2) is 71.6 Å². The summed E-state index contributed by atoms with van der Waals surface area (Å²) in [6, 6.07) is 20.4. The van der Waals surface area contributed by atoms with Crippen molar-refractivity contribution in [1.82, 2.24) is 15.5 Å². The number of aryl methyl sites for hydroxylation is 1. The van der Waals surface area contributed by atoms with Crippen molar-refractivity contribution >= 4 is 15.9 Å². The average Bonchev–Trinajstić information content (AvgIpc) is 2.99. The second-order valence-corrected chi connectivity index (χ2v) is 9.42. The van der Waals surface area contributed by atoms with Crippen LogP contribution in [0, 0.1) is 6.92 Å². The van der Waals surface area contributed by atoms with Crippen molar-refractivity contribution in [3.8, 4) is 11.3 Å². The van der Waals surface area contributed by atoms with E-state index in [2.05, 4.69) is 15.5 Å². The Hall–Kier alpha value is -2.81. The summed E-state index contributed by atoms with van der Waals surface area (Å²) in [4.78, 5) is 2.20. The molecule has 30 heavy (non-hydrogen) atoms. The van der Waals surface area contributed by atoms with Crippen LogP contribution in [-0.4, -0.2) is 49.9 Å². The van der Waals surface area contributed by atoms with Crippen LogP contribution in [0.25, 0.3) is 11.3 Å². The van der Waals surface area contributed by atoms with Gasteiger partial charge in [-0.25, -0.2) is 0 Å². The largest absolute Gasteiger partial charge is 0.350 e. The molecule has 3 aromatic rings. The standard InChI is InChI=1S/C22H22N4O3S/c1-16-7-9-18(10-8-16)30(27,28)29-22-14-23-20(22)13-26(15-22)21-12-11-19(24-25-21)17-5-3-2-4-6-17/h2-12,20,23H,13-15H2,1H3. The second kappa shape index (κ2) is 7.16. The monoisotopic (exact) mass is 422 g/mol. The van der Waals surface area contributed by atoms with Gasteiger partial charge in [0.05, 0.1) is 23.2 Å². The Morgan fingerprint density at radius 3 is 2.43 bits per heavy atom. The van der Waals surface area contributed by atoms with Crippen molar-refractivity contribution in [2.75, 3.05) is 24.5 Å². The molecule has 1 aromatic heterocycles. The van der Waals surface area contributed by atoms with Crippen LogP contribution in [0.5, 0.6) is 0 Å². The summed E-state index contributed by atoms with van der Waals surface area (Å²) in [6.45, 7) is 3.45. The second-order valence-electron chi connectivity index (χ2n) is 7.87. The Morgan fingerprint density at radius 2 is 1.80 bits per heavy atom. The van der Waals surface area contributed by atoms with Gasteiger partial charge in [0, 0.05) is 18.7 Å². The first kappa shape index (κ1) is 19.2. The number of hydrogen-bond donors (Lipinski definition) is 1. The van der Waals surface area contributed by atoms with Crippen LogP contribution in [-0.2, 0) is 14.3 Å². The minimum Gasteiger partial charge on any atom is -0.350 e. The first-order valence-electron chi connectivity index (χ1n) is 9.85. The average molecular weight is 423 g/mol. The molecule has 3 heterocycles. The van der Waals surface area contributed by atoms with E-state index in [0.29, 0.717) is 25.5 Å². The molecule has 8 heteroatoms. The van der Waals surface area contributed by atoms with E-state index in [1.54, 1.807) is 24.3 Å². The molecule has 0 radical (unpaired) electrons. The van der Waals surface area contributed by atoms with Gasteiger partial charge in [-0.15, -0.1) is 10.2 Å². The Morgan fingerprint density at radius 1 is 1.03 bits per heavy atom. The zero-order valence-electron chi connectivity index (χ0n) is 16.5. The SMILES string of the molecule is Cc1ccc(S(=O)(=O)OC23CNC2CN(c2ccc(-c4ccccc4)nn2)C3)cc1. The predicted molar refractivity (Wildman–Crippen MR) is 114 cm³/mol. The summed E-state index contributed by atoms with van der Waals surface area (Å²) in [7, 11) is -3.85. The quantitative estimate of drug-likeness (QED) is 0.632. The maximum Gasteiger partial charge on any atom is 0.297 e. The normalized spacial score (nSPS) is 23.1. The zero-order chi connectivity index (χ0) is 20.8. The van der Waals surface area contributed by atoms with E-state index in [9.17, 15) is 8.42 Å². The highest BCUT2D eigenvalue weighted by Crippen LogP contribution is 2.37. The Labute approximate surface area is 175 Å². The van der Waals surface area contributed by atoms with Gasteiger partial charge >= 0.3 is 0 Å². The summed E-state index contributed by atoms with van der Waals surface area (Å²) < 4.78 is 31.4. The van der Waals surface area contributed by atoms with Crippen LogP contribution >= 0.6 is 0 Å². The smallest absolute Gasteiger partial charge is 0.297 e. The van der Waals surface area contributed by atoms with E-state index in [-0.39, 0.29) is 10.9 Å². The molecule has 2 fully saturated rings. The van der Waals surface area contributed by atoms with Crippen molar-refractivity contribution in [1.29, 1.82) is 0 Å². The van der Waals surface area contributed by atoms with Crippen molar-refractivity contribution in [3.05, 3.63) is 72.3 Å². The van der Waals surface area contributed by atoms with Crippen molar-refractivity contribution in [2.45, 2.75) is 23.5 Å². The molecule has 7 nitrogen and oxygen atoms in total. The molecular formula is C22H22N4O3S. The van der Waals surface area contributed by atoms with E-state index in [1.165, 1.54) is 0 Å². The fourth-order valence-electron chi connectivity index (χ4n) is 4.00. The summed E-state index contributed by atoms with van der Waals surface area (Å²) in [5.74, 6) is 0.710. The molecular weight excluding hydrogens is 400 g/mol. The molecule has 0 bridgehead atoms. The fourth-order valence-corrected chi connectivity index (χ4v) is 5.23. The van der Waals surface area contributed by atoms with Crippen LogP contribution < -0.4 is 10.2 Å². The number of aromatic nitrogens is 2. The van der Waals surface area contributed by atoms with E-state index < -0.39 is 15.7 Å². The molecule has 0 amide bonds. The number of fused-ring (bicyclic) bond motifs is 1. The van der Waals surface area contributed by atoms with Crippen molar-refractivity contribution < 1.29 is 12.6 Å². The minimum atomic E-state index is -3.85. The van der Waals surface area contributed by atoms with Crippen LogP contribution in [0.4, 0.5) is 5.82 Å². The first-order valence-corrected chi connectivity index (χ1v) is 11.3. The number of hydrogen-bond acceptors (Lipinski definition) is 7. The Balaban J connectivity index is 1.34. The molecule has 2 unspecified atom stereocenters. The lowest BCUT2D eigenvalue weighted by Gasteiger charge is -2.43. The lowest BCUT2D eigenvalue weighted by Crippen LogP contribution is -2.69. The molecule has 2 saturated heterocycles. The third kappa shape index (κ3) is 3.36. The lowest BCUT2D eigenvalue weighted by molar-refractivity contribution is 0.00890. The molecule has 154 valence electrons. The van der Waals surface area contributed by atoms with Gasteiger partial charge in [-0.3, -0.25) is 4.18 Å². The molecule has 0 saturated carbocycles. The molecule has 2 atom stereocenters. The van der Waals surface area contributed by atoms with Gasteiger partial charge in [0.25, 0.3) is 10.1 Å². The number of nitrogens with zero attached hydrogens (tertiary/aromatic N) is 3. The third-order valence-electron chi connectivity index (χ3n) is 5.77. The molecule has 2 aliphatic heterocycles.